The van der Waals surface area contributed by atoms with Crippen LogP contribution in [0.5, 0.6) is 0 Å². The fraction of sp³-hybridized carbons (Fsp3) is 0.235. The summed E-state index contributed by atoms with van der Waals surface area (Å²) < 4.78 is 1.13. The number of rotatable bonds is 3. The zero-order valence-corrected chi connectivity index (χ0v) is 15.5. The van der Waals surface area contributed by atoms with Crippen molar-refractivity contribution in [2.45, 2.75) is 6.92 Å². The maximum Gasteiger partial charge on any atom is 0.278 e. The van der Waals surface area contributed by atoms with E-state index in [4.69, 9.17) is 0 Å². The third-order valence-electron chi connectivity index (χ3n) is 3.79. The molecule has 0 spiro atoms. The van der Waals surface area contributed by atoms with E-state index in [0.29, 0.717) is 26.5 Å². The van der Waals surface area contributed by atoms with Gasteiger partial charge >= 0.3 is 0 Å². The number of thiazole rings is 1. The van der Waals surface area contributed by atoms with Gasteiger partial charge in [-0.25, -0.2) is 9.67 Å². The van der Waals surface area contributed by atoms with Crippen molar-refractivity contribution in [3.05, 3.63) is 50.9 Å². The van der Waals surface area contributed by atoms with Crippen molar-refractivity contribution in [2.24, 2.45) is 7.05 Å². The number of hydrogen-bond donors (Lipinski definition) is 1. The smallest absolute Gasteiger partial charge is 0.278 e. The Morgan fingerprint density at radius 1 is 1.19 bits per heavy atom. The minimum atomic E-state index is -0.491. The summed E-state index contributed by atoms with van der Waals surface area (Å²) in [5.41, 5.74) is 0.388. The minimum absolute atomic E-state index is 0.121. The first kappa shape index (κ1) is 17.7. The summed E-state index contributed by atoms with van der Waals surface area (Å²) in [4.78, 5) is 43.1. The topological polar surface area (TPSA) is 97.2 Å². The summed E-state index contributed by atoms with van der Waals surface area (Å²) in [6.45, 7) is 1.71. The molecule has 2 amide bonds. The van der Waals surface area contributed by atoms with Crippen LogP contribution in [0.25, 0.3) is 10.8 Å². The zero-order chi connectivity index (χ0) is 19.0. The number of nitrogens with zero attached hydrogens (tertiary/aromatic N) is 4. The van der Waals surface area contributed by atoms with Gasteiger partial charge in [0.1, 0.15) is 4.88 Å². The first-order chi connectivity index (χ1) is 12.3. The lowest BCUT2D eigenvalue weighted by molar-refractivity contribution is 0.0831. The lowest BCUT2D eigenvalue weighted by Gasteiger charge is -2.08. The zero-order valence-electron chi connectivity index (χ0n) is 14.7. The summed E-state index contributed by atoms with van der Waals surface area (Å²) in [7, 11) is 4.80. The normalized spacial score (nSPS) is 10.8. The van der Waals surface area contributed by atoms with E-state index >= 15 is 0 Å². The van der Waals surface area contributed by atoms with Gasteiger partial charge in [-0.3, -0.25) is 19.7 Å². The van der Waals surface area contributed by atoms with Gasteiger partial charge in [-0.15, -0.1) is 0 Å². The molecule has 0 radical (unpaired) electrons. The van der Waals surface area contributed by atoms with Gasteiger partial charge < -0.3 is 4.90 Å². The third kappa shape index (κ3) is 3.08. The Kier molecular flexibility index (Phi) is 4.56. The van der Waals surface area contributed by atoms with Crippen LogP contribution in [-0.2, 0) is 7.05 Å². The number of hydrogen-bond acceptors (Lipinski definition) is 6. The van der Waals surface area contributed by atoms with E-state index in [-0.39, 0.29) is 17.2 Å². The van der Waals surface area contributed by atoms with Gasteiger partial charge in [-0.2, -0.15) is 5.10 Å². The second-order valence-corrected chi connectivity index (χ2v) is 6.91. The first-order valence-corrected chi connectivity index (χ1v) is 8.57. The highest BCUT2D eigenvalue weighted by molar-refractivity contribution is 7.17. The maximum atomic E-state index is 12.7. The number of benzene rings is 1. The summed E-state index contributed by atoms with van der Waals surface area (Å²) in [6, 6.07) is 6.79. The van der Waals surface area contributed by atoms with Crippen molar-refractivity contribution in [3.8, 4) is 0 Å². The largest absolute Gasteiger partial charge is 0.344 e. The number of nitrogens with one attached hydrogen (secondary N) is 1. The van der Waals surface area contributed by atoms with Crippen LogP contribution in [0.15, 0.2) is 29.1 Å². The van der Waals surface area contributed by atoms with Crippen LogP contribution in [0.3, 0.4) is 0 Å². The Labute approximate surface area is 153 Å². The van der Waals surface area contributed by atoms with E-state index in [9.17, 15) is 14.4 Å². The molecule has 0 saturated heterocycles. The first-order valence-electron chi connectivity index (χ1n) is 7.76. The third-order valence-corrected chi connectivity index (χ3v) is 4.85. The van der Waals surface area contributed by atoms with E-state index in [1.165, 1.54) is 11.9 Å². The van der Waals surface area contributed by atoms with Gasteiger partial charge in [0.05, 0.1) is 11.1 Å². The van der Waals surface area contributed by atoms with Gasteiger partial charge in [0.2, 0.25) is 0 Å². The molecule has 3 aromatic rings. The average molecular weight is 371 g/mol. The fourth-order valence-corrected chi connectivity index (χ4v) is 3.46. The van der Waals surface area contributed by atoms with Crippen LogP contribution in [-0.4, -0.2) is 45.6 Å². The molecular weight excluding hydrogens is 354 g/mol. The molecule has 1 aromatic carbocycles. The molecular formula is C17H17N5O3S. The molecule has 0 bridgehead atoms. The molecule has 0 aliphatic carbocycles. The molecule has 26 heavy (non-hydrogen) atoms. The summed E-state index contributed by atoms with van der Waals surface area (Å²) in [5.74, 6) is -0.666. The van der Waals surface area contributed by atoms with Gasteiger partial charge in [0, 0.05) is 26.5 Å². The van der Waals surface area contributed by atoms with Crippen molar-refractivity contribution < 1.29 is 9.59 Å². The average Bonchev–Trinajstić information content (AvgIpc) is 2.97. The summed E-state index contributed by atoms with van der Waals surface area (Å²) in [6.07, 6.45) is 0. The number of anilines is 1. The van der Waals surface area contributed by atoms with Crippen LogP contribution in [0, 0.1) is 6.92 Å². The molecule has 0 saturated carbocycles. The van der Waals surface area contributed by atoms with Crippen LogP contribution in [0.4, 0.5) is 5.13 Å². The van der Waals surface area contributed by atoms with E-state index in [0.717, 1.165) is 16.0 Å². The second kappa shape index (κ2) is 6.68. The van der Waals surface area contributed by atoms with E-state index in [1.807, 2.05) is 0 Å². The van der Waals surface area contributed by atoms with Crippen LogP contribution in [0.2, 0.25) is 0 Å². The van der Waals surface area contributed by atoms with E-state index in [2.05, 4.69) is 15.4 Å². The number of carbonyl (C=O) groups is 2. The second-order valence-electron chi connectivity index (χ2n) is 5.91. The van der Waals surface area contributed by atoms with Crippen molar-refractivity contribution in [1.82, 2.24) is 19.7 Å². The summed E-state index contributed by atoms with van der Waals surface area (Å²) >= 11 is 1.10. The molecule has 8 nitrogen and oxygen atoms in total. The highest BCUT2D eigenvalue weighted by Crippen LogP contribution is 2.24. The molecule has 9 heteroatoms. The van der Waals surface area contributed by atoms with Crippen molar-refractivity contribution in [2.75, 3.05) is 19.4 Å². The molecule has 0 aliphatic heterocycles. The summed E-state index contributed by atoms with van der Waals surface area (Å²) in [5, 5.41) is 7.93. The predicted octanol–water partition coefficient (Wildman–Crippen LogP) is 1.65. The molecule has 0 atom stereocenters. The SMILES string of the molecule is Cc1nc(NC(=O)c2nn(C)c(=O)c3ccccc23)sc1C(=O)N(C)C. The van der Waals surface area contributed by atoms with Crippen LogP contribution in [0.1, 0.15) is 25.9 Å². The molecule has 2 aromatic heterocycles. The standard InChI is InChI=1S/C17H17N5O3S/c1-9-13(16(25)21(2)3)26-17(18-9)19-14(23)12-10-7-5-6-8-11(10)15(24)22(4)20-12/h5-8H,1-4H3,(H,18,19,23). The highest BCUT2D eigenvalue weighted by atomic mass is 32.1. The molecule has 134 valence electrons. The number of carbonyl (C=O) groups excluding carboxylic acids is 2. The minimum Gasteiger partial charge on any atom is -0.344 e. The van der Waals surface area contributed by atoms with Crippen molar-refractivity contribution >= 4 is 39.1 Å². The lowest BCUT2D eigenvalue weighted by atomic mass is 10.1. The van der Waals surface area contributed by atoms with E-state index < -0.39 is 5.91 Å². The molecule has 3 rings (SSSR count). The Hall–Kier alpha value is -3.07. The Morgan fingerprint density at radius 3 is 2.50 bits per heavy atom. The van der Waals surface area contributed by atoms with E-state index in [1.54, 1.807) is 45.3 Å². The molecule has 1 N–H and O–H groups in total. The number of fused-ring (bicyclic) bond motifs is 1. The van der Waals surface area contributed by atoms with Crippen LogP contribution < -0.4 is 10.9 Å². The molecule has 0 fully saturated rings. The lowest BCUT2D eigenvalue weighted by Crippen LogP contribution is -2.25. The van der Waals surface area contributed by atoms with Gasteiger partial charge in [-0.05, 0) is 13.0 Å². The Morgan fingerprint density at radius 2 is 1.85 bits per heavy atom. The Balaban J connectivity index is 1.99. The number of amides is 2. The monoisotopic (exact) mass is 371 g/mol. The van der Waals surface area contributed by atoms with Crippen molar-refractivity contribution in [1.29, 1.82) is 0 Å². The number of aryl methyl sites for hydroxylation is 2. The van der Waals surface area contributed by atoms with Gasteiger partial charge in [0.15, 0.2) is 10.8 Å². The molecule has 0 unspecified atom stereocenters. The maximum absolute atomic E-state index is 12.7. The predicted molar refractivity (Wildman–Crippen MR) is 99.8 cm³/mol. The molecule has 0 aliphatic rings. The van der Waals surface area contributed by atoms with Gasteiger partial charge in [0.25, 0.3) is 17.4 Å². The highest BCUT2D eigenvalue weighted by Gasteiger charge is 2.20. The fourth-order valence-electron chi connectivity index (χ4n) is 2.48. The quantitative estimate of drug-likeness (QED) is 0.755. The van der Waals surface area contributed by atoms with Crippen LogP contribution >= 0.6 is 11.3 Å². The van der Waals surface area contributed by atoms with Crippen molar-refractivity contribution in [3.63, 3.8) is 0 Å². The molecule has 2 heterocycles. The van der Waals surface area contributed by atoms with Gasteiger partial charge in [-0.1, -0.05) is 29.5 Å². The number of aromatic nitrogens is 3. The Bertz CT molecular complexity index is 1080.